The van der Waals surface area contributed by atoms with Crippen molar-refractivity contribution in [3.8, 4) is 5.75 Å². The largest absolute Gasteiger partial charge is 0.508 e. The summed E-state index contributed by atoms with van der Waals surface area (Å²) in [5, 5.41) is 16.1. The third-order valence-electron chi connectivity index (χ3n) is 1.52. The number of hydrogen-bond donors (Lipinski definition) is 3. The van der Waals surface area contributed by atoms with Gasteiger partial charge in [0.25, 0.3) is 0 Å². The Hall–Kier alpha value is -1.75. The van der Waals surface area contributed by atoms with Crippen LogP contribution in [0, 0.1) is 0 Å². The van der Waals surface area contributed by atoms with Crippen molar-refractivity contribution in [3.63, 3.8) is 0 Å². The molecule has 5 nitrogen and oxygen atoms in total. The Morgan fingerprint density at radius 3 is 2.40 bits per heavy atom. The van der Waals surface area contributed by atoms with Crippen LogP contribution >= 0.6 is 12.4 Å². The molecule has 0 aliphatic carbocycles. The van der Waals surface area contributed by atoms with Gasteiger partial charge in [0.05, 0.1) is 0 Å². The van der Waals surface area contributed by atoms with Crippen LogP contribution in [0.25, 0.3) is 0 Å². The van der Waals surface area contributed by atoms with E-state index in [1.54, 1.807) is 30.5 Å². The summed E-state index contributed by atoms with van der Waals surface area (Å²) < 4.78 is 0. The number of hydrogen-bond acceptors (Lipinski definition) is 3. The van der Waals surface area contributed by atoms with Gasteiger partial charge < -0.3 is 16.6 Å². The highest BCUT2D eigenvalue weighted by Crippen LogP contribution is 2.09. The zero-order valence-corrected chi connectivity index (χ0v) is 8.81. The summed E-state index contributed by atoms with van der Waals surface area (Å²) in [5.74, 6) is 0.182. The van der Waals surface area contributed by atoms with Crippen LogP contribution in [0.5, 0.6) is 5.75 Å². The van der Waals surface area contributed by atoms with Gasteiger partial charge in [0.1, 0.15) is 5.75 Å². The molecular weight excluding hydrogens is 216 g/mol. The molecule has 0 heterocycles. The molecule has 0 unspecified atom stereocenters. The summed E-state index contributed by atoms with van der Waals surface area (Å²) in [5.41, 5.74) is 11.2. The molecule has 0 bridgehead atoms. The molecule has 0 aromatic heterocycles. The third kappa shape index (κ3) is 5.53. The van der Waals surface area contributed by atoms with Gasteiger partial charge in [-0.15, -0.1) is 17.5 Å². The normalized spacial score (nSPS) is 9.60. The van der Waals surface area contributed by atoms with Gasteiger partial charge in [0.15, 0.2) is 0 Å². The summed E-state index contributed by atoms with van der Waals surface area (Å²) in [6.45, 7) is 0. The van der Waals surface area contributed by atoms with E-state index in [-0.39, 0.29) is 24.1 Å². The van der Waals surface area contributed by atoms with Crippen LogP contribution < -0.4 is 11.5 Å². The minimum Gasteiger partial charge on any atom is -0.508 e. The number of phenols is 1. The molecule has 0 saturated heterocycles. The van der Waals surface area contributed by atoms with Gasteiger partial charge in [0, 0.05) is 12.6 Å². The van der Waals surface area contributed by atoms with Crippen LogP contribution in [0.2, 0.25) is 0 Å². The Labute approximate surface area is 93.9 Å². The molecule has 1 aromatic rings. The fourth-order valence-electron chi connectivity index (χ4n) is 0.886. The number of guanidine groups is 1. The Morgan fingerprint density at radius 2 is 1.87 bits per heavy atom. The van der Waals surface area contributed by atoms with E-state index in [0.717, 1.165) is 5.56 Å². The topological polar surface area (TPSA) is 97.0 Å². The molecule has 0 radical (unpaired) electrons. The second-order valence-corrected chi connectivity index (χ2v) is 2.69. The number of nitrogens with two attached hydrogens (primary N) is 2. The van der Waals surface area contributed by atoms with Crippen molar-refractivity contribution < 1.29 is 5.11 Å². The second-order valence-electron chi connectivity index (χ2n) is 2.69. The van der Waals surface area contributed by atoms with Gasteiger partial charge in [-0.2, -0.15) is 5.10 Å². The molecule has 82 valence electrons. The second kappa shape index (κ2) is 6.67. The lowest BCUT2D eigenvalue weighted by Crippen LogP contribution is -2.21. The van der Waals surface area contributed by atoms with Gasteiger partial charge in [-0.1, -0.05) is 12.1 Å². The number of nitrogens with zero attached hydrogens (tertiary/aromatic N) is 2. The van der Waals surface area contributed by atoms with Gasteiger partial charge in [-0.05, 0) is 17.7 Å². The first-order valence-electron chi connectivity index (χ1n) is 4.07. The molecule has 0 aliphatic rings. The number of aromatic hydroxyl groups is 1. The minimum atomic E-state index is -0.0630. The fourth-order valence-corrected chi connectivity index (χ4v) is 0.886. The number of rotatable bonds is 3. The van der Waals surface area contributed by atoms with Crippen LogP contribution in [0.1, 0.15) is 5.56 Å². The third-order valence-corrected chi connectivity index (χ3v) is 1.52. The number of benzene rings is 1. The van der Waals surface area contributed by atoms with E-state index < -0.39 is 0 Å². The van der Waals surface area contributed by atoms with Gasteiger partial charge in [-0.25, -0.2) is 0 Å². The Morgan fingerprint density at radius 1 is 1.27 bits per heavy atom. The zero-order valence-electron chi connectivity index (χ0n) is 8.00. The van der Waals surface area contributed by atoms with E-state index in [0.29, 0.717) is 6.42 Å². The summed E-state index contributed by atoms with van der Waals surface area (Å²) in [7, 11) is 0. The van der Waals surface area contributed by atoms with Crippen LogP contribution in [-0.2, 0) is 6.42 Å². The summed E-state index contributed by atoms with van der Waals surface area (Å²) in [4.78, 5) is 0. The quantitative estimate of drug-likeness (QED) is 0.402. The van der Waals surface area contributed by atoms with Crippen molar-refractivity contribution in [2.45, 2.75) is 6.42 Å². The van der Waals surface area contributed by atoms with Crippen LogP contribution in [0.3, 0.4) is 0 Å². The average Bonchev–Trinajstić information content (AvgIpc) is 2.15. The smallest absolute Gasteiger partial charge is 0.211 e. The molecule has 1 rings (SSSR count). The lowest BCUT2D eigenvalue weighted by Gasteiger charge is -1.94. The predicted molar refractivity (Wildman–Crippen MR) is 63.4 cm³/mol. The molecule has 6 heteroatoms. The minimum absolute atomic E-state index is 0. The molecule has 1 aromatic carbocycles. The van der Waals surface area contributed by atoms with Gasteiger partial charge in [0.2, 0.25) is 5.96 Å². The standard InChI is InChI=1S/C9H12N4O.ClH/c10-9(11)13-12-6-5-7-1-3-8(14)4-2-7;/h1-4,6,14H,5H2,(H4,10,11,13);1H. The Kier molecular flexibility index (Phi) is 5.89. The first-order valence-corrected chi connectivity index (χ1v) is 4.07. The van der Waals surface area contributed by atoms with E-state index in [1.807, 2.05) is 0 Å². The van der Waals surface area contributed by atoms with E-state index >= 15 is 0 Å². The van der Waals surface area contributed by atoms with Crippen molar-refractivity contribution in [3.05, 3.63) is 29.8 Å². The summed E-state index contributed by atoms with van der Waals surface area (Å²) in [6, 6.07) is 6.83. The Bertz CT molecular complexity index is 344. The highest BCUT2D eigenvalue weighted by Gasteiger charge is 1.89. The van der Waals surface area contributed by atoms with Crippen LogP contribution in [0.15, 0.2) is 34.5 Å². The average molecular weight is 229 g/mol. The summed E-state index contributed by atoms with van der Waals surface area (Å²) in [6.07, 6.45) is 2.21. The van der Waals surface area contributed by atoms with Crippen molar-refractivity contribution in [1.29, 1.82) is 0 Å². The highest BCUT2D eigenvalue weighted by molar-refractivity contribution is 5.85. The first-order chi connectivity index (χ1) is 6.68. The number of phenolic OH excluding ortho intramolecular Hbond substituents is 1. The Balaban J connectivity index is 0.00000196. The fraction of sp³-hybridized carbons (Fsp3) is 0.111. The molecule has 0 aliphatic heterocycles. The van der Waals surface area contributed by atoms with Crippen LogP contribution in [-0.4, -0.2) is 17.3 Å². The molecule has 0 atom stereocenters. The van der Waals surface area contributed by atoms with Crippen molar-refractivity contribution in [1.82, 2.24) is 0 Å². The van der Waals surface area contributed by atoms with Crippen molar-refractivity contribution in [2.24, 2.45) is 21.7 Å². The molecule has 0 fully saturated rings. The molecule has 0 spiro atoms. The first kappa shape index (κ1) is 13.2. The maximum Gasteiger partial charge on any atom is 0.211 e. The molecule has 15 heavy (non-hydrogen) atoms. The SMILES string of the molecule is Cl.NC(N)=NN=CCc1ccc(O)cc1. The van der Waals surface area contributed by atoms with Crippen molar-refractivity contribution >= 4 is 24.6 Å². The van der Waals surface area contributed by atoms with Crippen molar-refractivity contribution in [2.75, 3.05) is 0 Å². The van der Waals surface area contributed by atoms with Gasteiger partial charge >= 0.3 is 0 Å². The van der Waals surface area contributed by atoms with E-state index in [1.165, 1.54) is 0 Å². The summed E-state index contributed by atoms with van der Waals surface area (Å²) >= 11 is 0. The van der Waals surface area contributed by atoms with E-state index in [4.69, 9.17) is 16.6 Å². The molecule has 5 N–H and O–H groups in total. The molecule has 0 amide bonds. The highest BCUT2D eigenvalue weighted by atomic mass is 35.5. The van der Waals surface area contributed by atoms with Crippen LogP contribution in [0.4, 0.5) is 0 Å². The molecular formula is C9H13ClN4O. The van der Waals surface area contributed by atoms with Gasteiger partial charge in [-0.3, -0.25) is 0 Å². The lowest BCUT2D eigenvalue weighted by atomic mass is 10.2. The van der Waals surface area contributed by atoms with E-state index in [2.05, 4.69) is 10.2 Å². The maximum atomic E-state index is 9.01. The molecule has 0 saturated carbocycles. The predicted octanol–water partition coefficient (Wildman–Crippen LogP) is 0.616. The zero-order chi connectivity index (χ0) is 10.4. The lowest BCUT2D eigenvalue weighted by molar-refractivity contribution is 0.475. The number of halogens is 1. The monoisotopic (exact) mass is 228 g/mol. The maximum absolute atomic E-state index is 9.01. The van der Waals surface area contributed by atoms with E-state index in [9.17, 15) is 0 Å².